The molecule has 1 atom stereocenters. The van der Waals surface area contributed by atoms with E-state index in [9.17, 15) is 4.79 Å². The van der Waals surface area contributed by atoms with Crippen LogP contribution in [0.3, 0.4) is 0 Å². The van der Waals surface area contributed by atoms with Gasteiger partial charge in [-0.2, -0.15) is 0 Å². The number of ether oxygens (including phenoxy) is 1. The first-order valence-electron chi connectivity index (χ1n) is 8.82. The normalized spacial score (nSPS) is 12.5. The second kappa shape index (κ2) is 17.3. The fourth-order valence-corrected chi connectivity index (χ4v) is 2.37. The SMILES string of the molecule is CCNC(=NCC(CCO)CC(C)C)NCCCC(=O)OCC.I. The van der Waals surface area contributed by atoms with Crippen LogP contribution in [0.15, 0.2) is 4.99 Å². The highest BCUT2D eigenvalue weighted by atomic mass is 127. The van der Waals surface area contributed by atoms with Gasteiger partial charge < -0.3 is 20.5 Å². The minimum Gasteiger partial charge on any atom is -0.466 e. The van der Waals surface area contributed by atoms with E-state index in [-0.39, 0.29) is 36.6 Å². The lowest BCUT2D eigenvalue weighted by Crippen LogP contribution is -2.38. The van der Waals surface area contributed by atoms with Crippen molar-refractivity contribution in [3.63, 3.8) is 0 Å². The minimum atomic E-state index is -0.156. The van der Waals surface area contributed by atoms with Crippen LogP contribution in [0.25, 0.3) is 0 Å². The van der Waals surface area contributed by atoms with Crippen LogP contribution in [0.2, 0.25) is 0 Å². The Kier molecular flexibility index (Phi) is 18.5. The maximum Gasteiger partial charge on any atom is 0.305 e. The Balaban J connectivity index is 0. The van der Waals surface area contributed by atoms with Crippen LogP contribution >= 0.6 is 24.0 Å². The van der Waals surface area contributed by atoms with Crippen LogP contribution < -0.4 is 10.6 Å². The lowest BCUT2D eigenvalue weighted by atomic mass is 9.94. The molecule has 0 aromatic rings. The van der Waals surface area contributed by atoms with Crippen molar-refractivity contribution in [1.29, 1.82) is 0 Å². The van der Waals surface area contributed by atoms with Crippen molar-refractivity contribution < 1.29 is 14.6 Å². The van der Waals surface area contributed by atoms with Crippen LogP contribution in [-0.4, -0.2) is 49.9 Å². The molecule has 0 heterocycles. The zero-order chi connectivity index (χ0) is 17.5. The average molecular weight is 457 g/mol. The van der Waals surface area contributed by atoms with Gasteiger partial charge in [-0.05, 0) is 44.9 Å². The van der Waals surface area contributed by atoms with E-state index in [1.165, 1.54) is 0 Å². The zero-order valence-corrected chi connectivity index (χ0v) is 18.0. The monoisotopic (exact) mass is 457 g/mol. The summed E-state index contributed by atoms with van der Waals surface area (Å²) in [4.78, 5) is 15.9. The van der Waals surface area contributed by atoms with Crippen molar-refractivity contribution in [3.05, 3.63) is 0 Å². The van der Waals surface area contributed by atoms with E-state index in [2.05, 4.69) is 29.5 Å². The number of rotatable bonds is 12. The number of guanidine groups is 1. The highest BCUT2D eigenvalue weighted by Crippen LogP contribution is 2.15. The number of halogens is 1. The molecule has 1 unspecified atom stereocenters. The number of carbonyl (C=O) groups excluding carboxylic acids is 1. The number of nitrogens with zero attached hydrogens (tertiary/aromatic N) is 1. The first-order chi connectivity index (χ1) is 11.0. The molecule has 0 radical (unpaired) electrons. The molecular weight excluding hydrogens is 421 g/mol. The topological polar surface area (TPSA) is 83.0 Å². The van der Waals surface area contributed by atoms with Crippen LogP contribution in [0.1, 0.15) is 53.4 Å². The van der Waals surface area contributed by atoms with Crippen molar-refractivity contribution in [1.82, 2.24) is 10.6 Å². The summed E-state index contributed by atoms with van der Waals surface area (Å²) in [6, 6.07) is 0. The summed E-state index contributed by atoms with van der Waals surface area (Å²) >= 11 is 0. The summed E-state index contributed by atoms with van der Waals surface area (Å²) in [6.45, 7) is 11.0. The number of aliphatic hydroxyl groups excluding tert-OH is 1. The van der Waals surface area contributed by atoms with Gasteiger partial charge in [0.25, 0.3) is 0 Å². The van der Waals surface area contributed by atoms with Crippen molar-refractivity contribution in [2.45, 2.75) is 53.4 Å². The molecule has 0 aromatic carbocycles. The van der Waals surface area contributed by atoms with Gasteiger partial charge in [-0.15, -0.1) is 24.0 Å². The number of hydrogen-bond donors (Lipinski definition) is 3. The molecule has 0 fully saturated rings. The van der Waals surface area contributed by atoms with Crippen molar-refractivity contribution in [3.8, 4) is 0 Å². The molecule has 7 heteroatoms. The Morgan fingerprint density at radius 3 is 2.50 bits per heavy atom. The number of aliphatic hydroxyl groups is 1. The van der Waals surface area contributed by atoms with Crippen molar-refractivity contribution in [2.24, 2.45) is 16.8 Å². The predicted molar refractivity (Wildman–Crippen MR) is 110 cm³/mol. The largest absolute Gasteiger partial charge is 0.466 e. The third-order valence-corrected chi connectivity index (χ3v) is 3.35. The molecular formula is C17H36IN3O3. The molecule has 0 rings (SSSR count). The van der Waals surface area contributed by atoms with Crippen molar-refractivity contribution >= 4 is 35.9 Å². The van der Waals surface area contributed by atoms with Crippen LogP contribution in [0.5, 0.6) is 0 Å². The average Bonchev–Trinajstić information content (AvgIpc) is 2.48. The smallest absolute Gasteiger partial charge is 0.305 e. The Morgan fingerprint density at radius 2 is 1.96 bits per heavy atom. The first-order valence-corrected chi connectivity index (χ1v) is 8.82. The standard InChI is InChI=1S/C17H35N3O3.HI/c1-5-18-17(19-10-7-8-16(22)23-6-2)20-13-15(9-11-21)12-14(3)4;/h14-15,21H,5-13H2,1-4H3,(H2,18,19,20);1H. The number of esters is 1. The fourth-order valence-electron chi connectivity index (χ4n) is 2.37. The molecule has 0 aliphatic carbocycles. The minimum absolute atomic E-state index is 0. The molecule has 0 aromatic heterocycles. The summed E-state index contributed by atoms with van der Waals surface area (Å²) in [5.41, 5.74) is 0. The van der Waals surface area contributed by atoms with Crippen LogP contribution in [0.4, 0.5) is 0 Å². The molecule has 0 spiro atoms. The molecule has 24 heavy (non-hydrogen) atoms. The predicted octanol–water partition coefficient (Wildman–Crippen LogP) is 2.55. The fraction of sp³-hybridized carbons (Fsp3) is 0.882. The molecule has 0 aliphatic heterocycles. The molecule has 0 amide bonds. The Morgan fingerprint density at radius 1 is 1.25 bits per heavy atom. The highest BCUT2D eigenvalue weighted by molar-refractivity contribution is 14.0. The maximum absolute atomic E-state index is 11.3. The third-order valence-electron chi connectivity index (χ3n) is 3.35. The molecule has 0 aliphatic rings. The Bertz CT molecular complexity index is 339. The lowest BCUT2D eigenvalue weighted by molar-refractivity contribution is -0.143. The molecule has 0 saturated heterocycles. The van der Waals surface area contributed by atoms with E-state index in [0.29, 0.717) is 38.0 Å². The summed E-state index contributed by atoms with van der Waals surface area (Å²) in [6.07, 6.45) is 2.98. The number of carbonyl (C=O) groups is 1. The highest BCUT2D eigenvalue weighted by Gasteiger charge is 2.10. The van der Waals surface area contributed by atoms with E-state index >= 15 is 0 Å². The van der Waals surface area contributed by atoms with Gasteiger partial charge in [-0.1, -0.05) is 13.8 Å². The van der Waals surface area contributed by atoms with E-state index in [4.69, 9.17) is 9.84 Å². The van der Waals surface area contributed by atoms with Gasteiger partial charge in [-0.3, -0.25) is 9.79 Å². The van der Waals surface area contributed by atoms with E-state index < -0.39 is 0 Å². The second-order valence-corrected chi connectivity index (χ2v) is 6.06. The van der Waals surface area contributed by atoms with Gasteiger partial charge in [0, 0.05) is 32.7 Å². The summed E-state index contributed by atoms with van der Waals surface area (Å²) in [5.74, 6) is 1.61. The van der Waals surface area contributed by atoms with Gasteiger partial charge in [0.1, 0.15) is 0 Å². The number of aliphatic imine (C=N–C) groups is 1. The molecule has 0 saturated carbocycles. The first kappa shape index (κ1) is 25.7. The van der Waals surface area contributed by atoms with Crippen LogP contribution in [-0.2, 0) is 9.53 Å². The van der Waals surface area contributed by atoms with Gasteiger partial charge in [0.15, 0.2) is 5.96 Å². The molecule has 0 bridgehead atoms. The molecule has 144 valence electrons. The van der Waals surface area contributed by atoms with Gasteiger partial charge in [0.2, 0.25) is 0 Å². The van der Waals surface area contributed by atoms with E-state index in [1.807, 2.05) is 13.8 Å². The van der Waals surface area contributed by atoms with Crippen molar-refractivity contribution in [2.75, 3.05) is 32.8 Å². The van der Waals surface area contributed by atoms with Crippen LogP contribution in [0, 0.1) is 11.8 Å². The summed E-state index contributed by atoms with van der Waals surface area (Å²) in [7, 11) is 0. The van der Waals surface area contributed by atoms with Gasteiger partial charge in [-0.25, -0.2) is 0 Å². The Hall–Kier alpha value is -0.570. The molecule has 3 N–H and O–H groups in total. The van der Waals surface area contributed by atoms with Gasteiger partial charge >= 0.3 is 5.97 Å². The number of hydrogen-bond acceptors (Lipinski definition) is 4. The van der Waals surface area contributed by atoms with Gasteiger partial charge in [0.05, 0.1) is 6.61 Å². The van der Waals surface area contributed by atoms with E-state index in [1.54, 1.807) is 0 Å². The quantitative estimate of drug-likeness (QED) is 0.138. The Labute approximate surface area is 164 Å². The summed E-state index contributed by atoms with van der Waals surface area (Å²) in [5, 5.41) is 15.6. The zero-order valence-electron chi connectivity index (χ0n) is 15.6. The third kappa shape index (κ3) is 15.0. The maximum atomic E-state index is 11.3. The number of nitrogens with one attached hydrogen (secondary N) is 2. The summed E-state index contributed by atoms with van der Waals surface area (Å²) < 4.78 is 4.90. The van der Waals surface area contributed by atoms with E-state index in [0.717, 1.165) is 31.8 Å². The molecule has 6 nitrogen and oxygen atoms in total. The second-order valence-electron chi connectivity index (χ2n) is 6.06. The lowest BCUT2D eigenvalue weighted by Gasteiger charge is -2.17.